The van der Waals surface area contributed by atoms with Crippen LogP contribution in [0.25, 0.3) is 0 Å². The van der Waals surface area contributed by atoms with Crippen molar-refractivity contribution in [3.05, 3.63) is 59.4 Å². The number of hydrogen-bond acceptors (Lipinski definition) is 6. The number of nitriles is 2. The summed E-state index contributed by atoms with van der Waals surface area (Å²) >= 11 is 0. The molecule has 1 N–H and O–H groups in total. The molecule has 1 saturated heterocycles. The Bertz CT molecular complexity index is 850. The lowest BCUT2D eigenvalue weighted by Gasteiger charge is -2.32. The molecule has 0 aliphatic carbocycles. The minimum absolute atomic E-state index is 0.244. The summed E-state index contributed by atoms with van der Waals surface area (Å²) in [5, 5.41) is 20.5. The molecular weight excluding hydrogens is 332 g/mol. The molecule has 2 atom stereocenters. The fraction of sp³-hybridized carbons (Fsp3) is 0.263. The van der Waals surface area contributed by atoms with Crippen molar-refractivity contribution in [1.29, 1.82) is 10.5 Å². The topological polar surface area (TPSA) is 108 Å². The zero-order valence-corrected chi connectivity index (χ0v) is 13.9. The van der Waals surface area contributed by atoms with Crippen molar-refractivity contribution in [3.63, 3.8) is 0 Å². The van der Waals surface area contributed by atoms with E-state index in [9.17, 15) is 4.79 Å². The van der Waals surface area contributed by atoms with E-state index in [1.807, 2.05) is 6.07 Å². The van der Waals surface area contributed by atoms with Crippen LogP contribution in [0.2, 0.25) is 0 Å². The molecule has 2 aromatic rings. The molecule has 0 unspecified atom stereocenters. The molecule has 3 rings (SSSR count). The third-order valence-electron chi connectivity index (χ3n) is 4.02. The van der Waals surface area contributed by atoms with Gasteiger partial charge in [-0.25, -0.2) is 4.98 Å². The maximum atomic E-state index is 12.4. The van der Waals surface area contributed by atoms with Crippen LogP contribution in [0.3, 0.4) is 0 Å². The number of nitrogens with one attached hydrogen (secondary N) is 1. The van der Waals surface area contributed by atoms with Gasteiger partial charge in [0.15, 0.2) is 0 Å². The van der Waals surface area contributed by atoms with Crippen LogP contribution < -0.4 is 10.1 Å². The van der Waals surface area contributed by atoms with Crippen LogP contribution in [0.1, 0.15) is 28.0 Å². The van der Waals surface area contributed by atoms with Gasteiger partial charge in [-0.05, 0) is 36.4 Å². The number of carbonyl (C=O) groups excluding carboxylic acids is 1. The van der Waals surface area contributed by atoms with E-state index in [2.05, 4.69) is 16.4 Å². The average molecular weight is 348 g/mol. The number of benzene rings is 1. The summed E-state index contributed by atoms with van der Waals surface area (Å²) in [4.78, 5) is 16.3. The Labute approximate surface area is 150 Å². The van der Waals surface area contributed by atoms with Crippen molar-refractivity contribution in [1.82, 2.24) is 10.3 Å². The molecule has 1 aromatic carbocycles. The van der Waals surface area contributed by atoms with E-state index in [-0.39, 0.29) is 23.7 Å². The number of pyridine rings is 1. The van der Waals surface area contributed by atoms with Crippen LogP contribution >= 0.6 is 0 Å². The highest BCUT2D eigenvalue weighted by Gasteiger charge is 2.29. The molecule has 1 aliphatic heterocycles. The third kappa shape index (κ3) is 4.15. The fourth-order valence-corrected chi connectivity index (χ4v) is 2.62. The van der Waals surface area contributed by atoms with E-state index in [1.54, 1.807) is 30.3 Å². The number of rotatable bonds is 4. The van der Waals surface area contributed by atoms with Gasteiger partial charge in [0.2, 0.25) is 0 Å². The van der Waals surface area contributed by atoms with Crippen molar-refractivity contribution in [2.24, 2.45) is 0 Å². The highest BCUT2D eigenvalue weighted by Crippen LogP contribution is 2.19. The van der Waals surface area contributed by atoms with Gasteiger partial charge < -0.3 is 14.8 Å². The number of nitrogens with zero attached hydrogens (tertiary/aromatic N) is 3. The largest absolute Gasteiger partial charge is 0.488 e. The molecule has 7 nitrogen and oxygen atoms in total. The Morgan fingerprint density at radius 1 is 1.19 bits per heavy atom. The van der Waals surface area contributed by atoms with Crippen molar-refractivity contribution in [3.8, 4) is 17.9 Å². The predicted octanol–water partition coefficient (Wildman–Crippen LogP) is 1.79. The van der Waals surface area contributed by atoms with Crippen LogP contribution in [0.15, 0.2) is 42.6 Å². The molecular formula is C19H16N4O3. The van der Waals surface area contributed by atoms with E-state index in [0.29, 0.717) is 36.5 Å². The summed E-state index contributed by atoms with van der Waals surface area (Å²) in [6, 6.07) is 13.5. The van der Waals surface area contributed by atoms with Gasteiger partial charge in [0.25, 0.3) is 5.91 Å². The van der Waals surface area contributed by atoms with Crippen molar-refractivity contribution < 1.29 is 14.3 Å². The van der Waals surface area contributed by atoms with Crippen LogP contribution in [0.4, 0.5) is 0 Å². The second-order valence-electron chi connectivity index (χ2n) is 5.78. The molecule has 0 spiro atoms. The molecule has 130 valence electrons. The zero-order valence-electron chi connectivity index (χ0n) is 13.9. The summed E-state index contributed by atoms with van der Waals surface area (Å²) in [5.74, 6) is 0.334. The summed E-state index contributed by atoms with van der Waals surface area (Å²) in [6.45, 7) is 0.891. The molecule has 1 aliphatic rings. The number of ether oxygens (including phenoxy) is 2. The quantitative estimate of drug-likeness (QED) is 0.902. The molecule has 1 amide bonds. The van der Waals surface area contributed by atoms with Gasteiger partial charge >= 0.3 is 0 Å². The molecule has 2 heterocycles. The summed E-state index contributed by atoms with van der Waals surface area (Å²) < 4.78 is 11.4. The fourth-order valence-electron chi connectivity index (χ4n) is 2.62. The van der Waals surface area contributed by atoms with Gasteiger partial charge in [-0.1, -0.05) is 0 Å². The summed E-state index contributed by atoms with van der Waals surface area (Å²) in [6.07, 6.45) is 1.76. The zero-order chi connectivity index (χ0) is 18.4. The standard InChI is InChI=1S/C19H16N4O3/c20-9-13-1-5-16(6-2-13)26-18-7-8-25-12-17(18)23-19(24)14-3-4-15(10-21)22-11-14/h1-6,11,17-18H,7-8,12H2,(H,23,24)/t17-,18-/m1/s1. The maximum absolute atomic E-state index is 12.4. The Kier molecular flexibility index (Phi) is 5.43. The van der Waals surface area contributed by atoms with Gasteiger partial charge in [-0.3, -0.25) is 4.79 Å². The Morgan fingerprint density at radius 3 is 2.65 bits per heavy atom. The van der Waals surface area contributed by atoms with E-state index >= 15 is 0 Å². The molecule has 0 saturated carbocycles. The van der Waals surface area contributed by atoms with Crippen LogP contribution in [-0.4, -0.2) is 36.3 Å². The monoisotopic (exact) mass is 348 g/mol. The lowest BCUT2D eigenvalue weighted by atomic mass is 10.1. The third-order valence-corrected chi connectivity index (χ3v) is 4.02. The maximum Gasteiger partial charge on any atom is 0.253 e. The smallest absolute Gasteiger partial charge is 0.253 e. The summed E-state index contributed by atoms with van der Waals surface area (Å²) in [5.41, 5.74) is 1.18. The van der Waals surface area contributed by atoms with E-state index < -0.39 is 0 Å². The second kappa shape index (κ2) is 8.11. The molecule has 1 fully saturated rings. The van der Waals surface area contributed by atoms with Crippen LogP contribution in [0, 0.1) is 22.7 Å². The van der Waals surface area contributed by atoms with Crippen molar-refractivity contribution in [2.45, 2.75) is 18.6 Å². The minimum atomic E-state index is -0.317. The first-order valence-corrected chi connectivity index (χ1v) is 8.11. The first-order chi connectivity index (χ1) is 12.7. The number of amides is 1. The van der Waals surface area contributed by atoms with Crippen molar-refractivity contribution in [2.75, 3.05) is 13.2 Å². The van der Waals surface area contributed by atoms with Gasteiger partial charge in [-0.2, -0.15) is 10.5 Å². The number of hydrogen-bond donors (Lipinski definition) is 1. The van der Waals surface area contributed by atoms with E-state index in [4.69, 9.17) is 20.0 Å². The Morgan fingerprint density at radius 2 is 2.00 bits per heavy atom. The minimum Gasteiger partial charge on any atom is -0.488 e. The van der Waals surface area contributed by atoms with Gasteiger partial charge in [0, 0.05) is 12.6 Å². The molecule has 1 aromatic heterocycles. The summed E-state index contributed by atoms with van der Waals surface area (Å²) in [7, 11) is 0. The first-order valence-electron chi connectivity index (χ1n) is 8.11. The Hall–Kier alpha value is -3.42. The van der Waals surface area contributed by atoms with Crippen molar-refractivity contribution >= 4 is 5.91 Å². The van der Waals surface area contributed by atoms with Gasteiger partial charge in [-0.15, -0.1) is 0 Å². The lowest BCUT2D eigenvalue weighted by molar-refractivity contribution is -0.00288. The SMILES string of the molecule is N#Cc1ccc(O[C@@H]2CCOC[C@H]2NC(=O)c2ccc(C#N)nc2)cc1. The predicted molar refractivity (Wildman–Crippen MR) is 91.2 cm³/mol. The molecule has 7 heteroatoms. The highest BCUT2D eigenvalue weighted by molar-refractivity contribution is 5.94. The molecule has 0 radical (unpaired) electrons. The van der Waals surface area contributed by atoms with Crippen LogP contribution in [-0.2, 0) is 4.74 Å². The molecule has 26 heavy (non-hydrogen) atoms. The lowest BCUT2D eigenvalue weighted by Crippen LogP contribution is -2.51. The Balaban J connectivity index is 1.66. The highest BCUT2D eigenvalue weighted by atomic mass is 16.5. The average Bonchev–Trinajstić information content (AvgIpc) is 2.70. The van der Waals surface area contributed by atoms with Gasteiger partial charge in [0.05, 0.1) is 36.5 Å². The first kappa shape index (κ1) is 17.4. The van der Waals surface area contributed by atoms with Gasteiger partial charge in [0.1, 0.15) is 23.6 Å². The number of aromatic nitrogens is 1. The van der Waals surface area contributed by atoms with E-state index in [0.717, 1.165) is 0 Å². The number of carbonyl (C=O) groups is 1. The van der Waals surface area contributed by atoms with E-state index in [1.165, 1.54) is 12.3 Å². The normalized spacial score (nSPS) is 19.0. The second-order valence-corrected chi connectivity index (χ2v) is 5.78. The molecule has 0 bridgehead atoms. The van der Waals surface area contributed by atoms with Crippen LogP contribution in [0.5, 0.6) is 5.75 Å².